The quantitative estimate of drug-likeness (QED) is 0.797. The maximum Gasteiger partial charge on any atom is 0.225 e. The van der Waals surface area contributed by atoms with Gasteiger partial charge in [-0.25, -0.2) is 4.98 Å². The number of benzene rings is 1. The van der Waals surface area contributed by atoms with Gasteiger partial charge in [0.25, 0.3) is 0 Å². The number of carbonyl (C=O) groups is 1. The van der Waals surface area contributed by atoms with Crippen LogP contribution in [-0.4, -0.2) is 28.5 Å². The molecule has 3 N–H and O–H groups in total. The van der Waals surface area contributed by atoms with Gasteiger partial charge in [-0.05, 0) is 31.5 Å². The Morgan fingerprint density at radius 1 is 1.45 bits per heavy atom. The van der Waals surface area contributed by atoms with Gasteiger partial charge in [0, 0.05) is 36.1 Å². The van der Waals surface area contributed by atoms with E-state index < -0.39 is 0 Å². The van der Waals surface area contributed by atoms with Crippen molar-refractivity contribution in [2.45, 2.75) is 25.3 Å². The van der Waals surface area contributed by atoms with Crippen LogP contribution < -0.4 is 10.6 Å². The minimum absolute atomic E-state index is 0.0565. The van der Waals surface area contributed by atoms with Crippen LogP contribution in [0.15, 0.2) is 36.7 Å². The van der Waals surface area contributed by atoms with E-state index in [1.54, 1.807) is 12.4 Å². The number of hydrogen-bond donors (Lipinski definition) is 3. The van der Waals surface area contributed by atoms with Crippen molar-refractivity contribution >= 4 is 11.6 Å². The number of rotatable bonds is 4. The Morgan fingerprint density at radius 3 is 3.15 bits per heavy atom. The number of amides is 1. The fourth-order valence-electron chi connectivity index (χ4n) is 2.53. The van der Waals surface area contributed by atoms with Gasteiger partial charge >= 0.3 is 0 Å². The minimum atomic E-state index is 0.0565. The van der Waals surface area contributed by atoms with Gasteiger partial charge in [-0.3, -0.25) is 4.79 Å². The van der Waals surface area contributed by atoms with Crippen LogP contribution in [-0.2, 0) is 4.79 Å². The van der Waals surface area contributed by atoms with Gasteiger partial charge in [0.2, 0.25) is 5.91 Å². The fourth-order valence-corrected chi connectivity index (χ4v) is 2.53. The number of H-pyrrole nitrogens is 1. The molecule has 0 spiro atoms. The van der Waals surface area contributed by atoms with Crippen molar-refractivity contribution in [3.05, 3.63) is 36.7 Å². The molecule has 1 fully saturated rings. The molecule has 0 aliphatic carbocycles. The second-order valence-corrected chi connectivity index (χ2v) is 5.06. The lowest BCUT2D eigenvalue weighted by Crippen LogP contribution is -2.27. The molecule has 1 atom stereocenters. The summed E-state index contributed by atoms with van der Waals surface area (Å²) >= 11 is 0. The molecule has 1 aromatic heterocycles. The van der Waals surface area contributed by atoms with E-state index in [9.17, 15) is 4.79 Å². The Hall–Kier alpha value is -2.14. The van der Waals surface area contributed by atoms with Gasteiger partial charge in [-0.15, -0.1) is 0 Å². The average molecular weight is 270 g/mol. The predicted octanol–water partition coefficient (Wildman–Crippen LogP) is 2.16. The summed E-state index contributed by atoms with van der Waals surface area (Å²) in [5.41, 5.74) is 1.77. The molecule has 1 aliphatic rings. The average Bonchev–Trinajstić information content (AvgIpc) is 3.11. The Balaban J connectivity index is 1.65. The molecule has 5 nitrogen and oxygen atoms in total. The first kappa shape index (κ1) is 12.9. The molecule has 0 bridgehead atoms. The number of nitrogens with zero attached hydrogens (tertiary/aromatic N) is 1. The molecular weight excluding hydrogens is 252 g/mol. The van der Waals surface area contributed by atoms with Gasteiger partial charge in [0.05, 0.1) is 0 Å². The molecular formula is C15H18N4O. The maximum absolute atomic E-state index is 12.0. The smallest absolute Gasteiger partial charge is 0.225 e. The second kappa shape index (κ2) is 5.88. The first-order chi connectivity index (χ1) is 9.81. The van der Waals surface area contributed by atoms with Crippen LogP contribution in [0.5, 0.6) is 0 Å². The van der Waals surface area contributed by atoms with E-state index in [4.69, 9.17) is 0 Å². The predicted molar refractivity (Wildman–Crippen MR) is 78.3 cm³/mol. The number of hydrogen-bond acceptors (Lipinski definition) is 3. The lowest BCUT2D eigenvalue weighted by atomic mass is 10.1. The Morgan fingerprint density at radius 2 is 2.40 bits per heavy atom. The zero-order chi connectivity index (χ0) is 13.8. The lowest BCUT2D eigenvalue weighted by molar-refractivity contribution is -0.116. The van der Waals surface area contributed by atoms with Crippen LogP contribution in [0.2, 0.25) is 0 Å². The van der Waals surface area contributed by atoms with E-state index in [1.165, 1.54) is 0 Å². The summed E-state index contributed by atoms with van der Waals surface area (Å²) in [6.07, 6.45) is 6.27. The molecule has 2 aromatic rings. The van der Waals surface area contributed by atoms with Crippen molar-refractivity contribution in [2.75, 3.05) is 11.9 Å². The third-order valence-electron chi connectivity index (χ3n) is 3.51. The van der Waals surface area contributed by atoms with Crippen LogP contribution in [0.4, 0.5) is 5.69 Å². The molecule has 0 radical (unpaired) electrons. The molecule has 20 heavy (non-hydrogen) atoms. The standard InChI is InChI=1S/C15H18N4O/c20-14(10-12-5-2-6-16-12)19-13-4-1-3-11(9-13)15-17-7-8-18-15/h1,3-4,7-9,12,16H,2,5-6,10H2,(H,17,18)(H,19,20). The van der Waals surface area contributed by atoms with Gasteiger partial charge < -0.3 is 15.6 Å². The summed E-state index contributed by atoms with van der Waals surface area (Å²) in [5, 5.41) is 6.28. The second-order valence-electron chi connectivity index (χ2n) is 5.06. The monoisotopic (exact) mass is 270 g/mol. The third-order valence-corrected chi connectivity index (χ3v) is 3.51. The van der Waals surface area contributed by atoms with E-state index in [-0.39, 0.29) is 5.91 Å². The fraction of sp³-hybridized carbons (Fsp3) is 0.333. The van der Waals surface area contributed by atoms with Crippen LogP contribution in [0.1, 0.15) is 19.3 Å². The summed E-state index contributed by atoms with van der Waals surface area (Å²) in [6.45, 7) is 1.02. The van der Waals surface area contributed by atoms with Crippen LogP contribution in [0.3, 0.4) is 0 Å². The van der Waals surface area contributed by atoms with Crippen LogP contribution >= 0.6 is 0 Å². The highest BCUT2D eigenvalue weighted by atomic mass is 16.1. The summed E-state index contributed by atoms with van der Waals surface area (Å²) in [6, 6.07) is 8.03. The van der Waals surface area contributed by atoms with Crippen LogP contribution in [0, 0.1) is 0 Å². The van der Waals surface area contributed by atoms with Gasteiger partial charge in [-0.1, -0.05) is 12.1 Å². The largest absolute Gasteiger partial charge is 0.345 e. The minimum Gasteiger partial charge on any atom is -0.345 e. The van der Waals surface area contributed by atoms with Crippen LogP contribution in [0.25, 0.3) is 11.4 Å². The summed E-state index contributed by atoms with van der Waals surface area (Å²) in [5.74, 6) is 0.861. The van der Waals surface area contributed by atoms with Crippen molar-refractivity contribution < 1.29 is 4.79 Å². The molecule has 1 saturated heterocycles. The third kappa shape index (κ3) is 3.05. The van der Waals surface area contributed by atoms with E-state index in [0.717, 1.165) is 36.5 Å². The molecule has 3 rings (SSSR count). The highest BCUT2D eigenvalue weighted by Gasteiger charge is 2.17. The lowest BCUT2D eigenvalue weighted by Gasteiger charge is -2.11. The molecule has 1 aromatic carbocycles. The van der Waals surface area contributed by atoms with E-state index in [1.807, 2.05) is 24.3 Å². The van der Waals surface area contributed by atoms with Gasteiger partial charge in [0.1, 0.15) is 5.82 Å². The number of anilines is 1. The number of imidazole rings is 1. The number of nitrogens with one attached hydrogen (secondary N) is 3. The van der Waals surface area contributed by atoms with Crippen molar-refractivity contribution in [1.29, 1.82) is 0 Å². The maximum atomic E-state index is 12.0. The molecule has 1 unspecified atom stereocenters. The van der Waals surface area contributed by atoms with Crippen molar-refractivity contribution in [3.8, 4) is 11.4 Å². The van der Waals surface area contributed by atoms with Crippen molar-refractivity contribution in [2.24, 2.45) is 0 Å². The molecule has 0 saturated carbocycles. The van der Waals surface area contributed by atoms with Gasteiger partial charge in [-0.2, -0.15) is 0 Å². The van der Waals surface area contributed by atoms with E-state index in [2.05, 4.69) is 20.6 Å². The molecule has 5 heteroatoms. The topological polar surface area (TPSA) is 69.8 Å². The highest BCUT2D eigenvalue weighted by molar-refractivity contribution is 5.91. The number of carbonyl (C=O) groups excluding carboxylic acids is 1. The Labute approximate surface area is 117 Å². The Bertz CT molecular complexity index is 573. The SMILES string of the molecule is O=C(CC1CCCN1)Nc1cccc(-c2ncc[nH]2)c1. The summed E-state index contributed by atoms with van der Waals surface area (Å²) < 4.78 is 0. The normalized spacial score (nSPS) is 18.1. The number of aromatic amines is 1. The van der Waals surface area contributed by atoms with Gasteiger partial charge in [0.15, 0.2) is 0 Å². The summed E-state index contributed by atoms with van der Waals surface area (Å²) in [4.78, 5) is 19.3. The zero-order valence-electron chi connectivity index (χ0n) is 11.2. The van der Waals surface area contributed by atoms with E-state index >= 15 is 0 Å². The Kier molecular flexibility index (Phi) is 3.78. The molecule has 1 aliphatic heterocycles. The molecule has 104 valence electrons. The molecule has 2 heterocycles. The number of aromatic nitrogens is 2. The first-order valence-corrected chi connectivity index (χ1v) is 6.94. The first-order valence-electron chi connectivity index (χ1n) is 6.94. The van der Waals surface area contributed by atoms with Crippen molar-refractivity contribution in [1.82, 2.24) is 15.3 Å². The highest BCUT2D eigenvalue weighted by Crippen LogP contribution is 2.19. The van der Waals surface area contributed by atoms with Crippen molar-refractivity contribution in [3.63, 3.8) is 0 Å². The zero-order valence-corrected chi connectivity index (χ0v) is 11.2. The molecule has 1 amide bonds. The summed E-state index contributed by atoms with van der Waals surface area (Å²) in [7, 11) is 0. The van der Waals surface area contributed by atoms with E-state index in [0.29, 0.717) is 12.5 Å².